The topological polar surface area (TPSA) is 15.3 Å². The minimum atomic E-state index is 0. The van der Waals surface area contributed by atoms with Crippen LogP contribution in [0.4, 0.5) is 0 Å². The molecule has 0 atom stereocenters. The van der Waals surface area contributed by atoms with Crippen molar-refractivity contribution in [1.82, 2.24) is 10.2 Å². The number of piperidine rings is 1. The summed E-state index contributed by atoms with van der Waals surface area (Å²) in [5.74, 6) is 0.854. The van der Waals surface area contributed by atoms with Crippen molar-refractivity contribution in [3.05, 3.63) is 34.3 Å². The number of likely N-dealkylation sites (tertiary alicyclic amines) is 1. The zero-order valence-electron chi connectivity index (χ0n) is 11.8. The molecule has 0 aromatic heterocycles. The SMILES string of the molecule is CNCC1CCN(Cc2ccc(C)c(Cl)c2)CC1.Cl. The lowest BCUT2D eigenvalue weighted by atomic mass is 9.96. The summed E-state index contributed by atoms with van der Waals surface area (Å²) in [6.45, 7) is 6.65. The minimum absolute atomic E-state index is 0. The van der Waals surface area contributed by atoms with E-state index >= 15 is 0 Å². The van der Waals surface area contributed by atoms with Crippen LogP contribution in [0.25, 0.3) is 0 Å². The highest BCUT2D eigenvalue weighted by molar-refractivity contribution is 6.31. The first-order valence-corrected chi connectivity index (χ1v) is 7.19. The summed E-state index contributed by atoms with van der Waals surface area (Å²) >= 11 is 6.17. The number of hydrogen-bond donors (Lipinski definition) is 1. The number of nitrogens with zero attached hydrogens (tertiary/aromatic N) is 1. The molecule has 19 heavy (non-hydrogen) atoms. The number of rotatable bonds is 4. The Balaban J connectivity index is 0.00000180. The van der Waals surface area contributed by atoms with E-state index in [1.54, 1.807) is 0 Å². The Labute approximate surface area is 127 Å². The molecule has 2 nitrogen and oxygen atoms in total. The average Bonchev–Trinajstić information content (AvgIpc) is 2.37. The minimum Gasteiger partial charge on any atom is -0.319 e. The van der Waals surface area contributed by atoms with Gasteiger partial charge in [0.1, 0.15) is 0 Å². The van der Waals surface area contributed by atoms with Crippen LogP contribution in [0.2, 0.25) is 5.02 Å². The van der Waals surface area contributed by atoms with Gasteiger partial charge < -0.3 is 5.32 Å². The Hall–Kier alpha value is -0.280. The van der Waals surface area contributed by atoms with Gasteiger partial charge in [-0.1, -0.05) is 23.7 Å². The summed E-state index contributed by atoms with van der Waals surface area (Å²) < 4.78 is 0. The zero-order chi connectivity index (χ0) is 13.0. The second-order valence-corrected chi connectivity index (χ2v) is 5.77. The van der Waals surface area contributed by atoms with Crippen molar-refractivity contribution in [3.63, 3.8) is 0 Å². The van der Waals surface area contributed by atoms with Crippen LogP contribution in [-0.2, 0) is 6.54 Å². The number of halogens is 2. The van der Waals surface area contributed by atoms with Crippen LogP contribution in [0.1, 0.15) is 24.0 Å². The summed E-state index contributed by atoms with van der Waals surface area (Å²) in [5, 5.41) is 4.17. The van der Waals surface area contributed by atoms with Gasteiger partial charge in [-0.05, 0) is 69.6 Å². The summed E-state index contributed by atoms with van der Waals surface area (Å²) in [7, 11) is 2.04. The van der Waals surface area contributed by atoms with Gasteiger partial charge in [0.2, 0.25) is 0 Å². The third-order valence-electron chi connectivity index (χ3n) is 3.84. The lowest BCUT2D eigenvalue weighted by Gasteiger charge is -2.31. The molecule has 108 valence electrons. The molecule has 0 bridgehead atoms. The Bertz CT molecular complexity index is 388. The average molecular weight is 303 g/mol. The van der Waals surface area contributed by atoms with Gasteiger partial charge in [0, 0.05) is 11.6 Å². The van der Waals surface area contributed by atoms with Gasteiger partial charge in [-0.3, -0.25) is 4.90 Å². The quantitative estimate of drug-likeness (QED) is 0.916. The van der Waals surface area contributed by atoms with E-state index < -0.39 is 0 Å². The molecule has 1 N–H and O–H groups in total. The number of nitrogens with one attached hydrogen (secondary N) is 1. The fraction of sp³-hybridized carbons (Fsp3) is 0.600. The predicted octanol–water partition coefficient (Wildman–Crippen LogP) is 3.50. The highest BCUT2D eigenvalue weighted by Crippen LogP contribution is 2.21. The van der Waals surface area contributed by atoms with Gasteiger partial charge >= 0.3 is 0 Å². The molecule has 1 aliphatic heterocycles. The maximum atomic E-state index is 6.17. The fourth-order valence-corrected chi connectivity index (χ4v) is 2.83. The van der Waals surface area contributed by atoms with Crippen LogP contribution in [0.5, 0.6) is 0 Å². The van der Waals surface area contributed by atoms with Crippen molar-refractivity contribution in [3.8, 4) is 0 Å². The van der Waals surface area contributed by atoms with Crippen LogP contribution >= 0.6 is 24.0 Å². The van der Waals surface area contributed by atoms with Crippen LogP contribution in [0.3, 0.4) is 0 Å². The van der Waals surface area contributed by atoms with Gasteiger partial charge in [-0.2, -0.15) is 0 Å². The van der Waals surface area contributed by atoms with E-state index in [9.17, 15) is 0 Å². The van der Waals surface area contributed by atoms with Crippen LogP contribution < -0.4 is 5.32 Å². The molecule has 1 aromatic rings. The van der Waals surface area contributed by atoms with E-state index in [1.165, 1.54) is 31.5 Å². The monoisotopic (exact) mass is 302 g/mol. The third-order valence-corrected chi connectivity index (χ3v) is 4.25. The molecule has 2 rings (SSSR count). The maximum absolute atomic E-state index is 6.17. The molecule has 0 amide bonds. The lowest BCUT2D eigenvalue weighted by Crippen LogP contribution is -2.36. The summed E-state index contributed by atoms with van der Waals surface area (Å²) in [4.78, 5) is 2.53. The standard InChI is InChI=1S/C15H23ClN2.ClH/c1-12-3-4-14(9-15(12)16)11-18-7-5-13(6-8-18)10-17-2;/h3-4,9,13,17H,5-8,10-11H2,1-2H3;1H. The van der Waals surface area contributed by atoms with Crippen LogP contribution in [0, 0.1) is 12.8 Å². The molecule has 1 aliphatic rings. The lowest BCUT2D eigenvalue weighted by molar-refractivity contribution is 0.177. The summed E-state index contributed by atoms with van der Waals surface area (Å²) in [5.41, 5.74) is 2.49. The zero-order valence-corrected chi connectivity index (χ0v) is 13.4. The van der Waals surface area contributed by atoms with Gasteiger partial charge in [-0.25, -0.2) is 0 Å². The van der Waals surface area contributed by atoms with E-state index in [0.29, 0.717) is 0 Å². The molecule has 1 saturated heterocycles. The Kier molecular flexibility index (Phi) is 7.16. The molecule has 1 aromatic carbocycles. The van der Waals surface area contributed by atoms with Gasteiger partial charge in [-0.15, -0.1) is 12.4 Å². The Morgan fingerprint density at radius 3 is 2.58 bits per heavy atom. The first kappa shape index (κ1) is 16.8. The highest BCUT2D eigenvalue weighted by Gasteiger charge is 2.18. The molecule has 0 unspecified atom stereocenters. The molecule has 0 spiro atoms. The number of benzene rings is 1. The molecule has 0 aliphatic carbocycles. The molecule has 0 radical (unpaired) electrons. The van der Waals surface area contributed by atoms with Crippen molar-refractivity contribution in [1.29, 1.82) is 0 Å². The van der Waals surface area contributed by atoms with Crippen molar-refractivity contribution in [2.45, 2.75) is 26.3 Å². The van der Waals surface area contributed by atoms with E-state index in [1.807, 2.05) is 7.05 Å². The largest absolute Gasteiger partial charge is 0.319 e. The Morgan fingerprint density at radius 1 is 1.32 bits per heavy atom. The smallest absolute Gasteiger partial charge is 0.0438 e. The molecular formula is C15H24Cl2N2. The predicted molar refractivity (Wildman–Crippen MR) is 85.4 cm³/mol. The van der Waals surface area contributed by atoms with E-state index in [2.05, 4.69) is 35.3 Å². The first-order chi connectivity index (χ1) is 8.69. The number of hydrogen-bond acceptors (Lipinski definition) is 2. The van der Waals surface area contributed by atoms with Crippen molar-refractivity contribution in [2.24, 2.45) is 5.92 Å². The van der Waals surface area contributed by atoms with E-state index in [4.69, 9.17) is 11.6 Å². The van der Waals surface area contributed by atoms with E-state index in [0.717, 1.165) is 29.6 Å². The molecule has 1 fully saturated rings. The summed E-state index contributed by atoms with van der Waals surface area (Å²) in [6.07, 6.45) is 2.61. The van der Waals surface area contributed by atoms with Crippen molar-refractivity contribution < 1.29 is 0 Å². The number of aryl methyl sites for hydroxylation is 1. The second-order valence-electron chi connectivity index (χ2n) is 5.36. The second kappa shape index (κ2) is 8.11. The maximum Gasteiger partial charge on any atom is 0.0438 e. The Morgan fingerprint density at radius 2 is 2.00 bits per heavy atom. The van der Waals surface area contributed by atoms with Crippen molar-refractivity contribution in [2.75, 3.05) is 26.7 Å². The molecule has 0 saturated carbocycles. The van der Waals surface area contributed by atoms with Gasteiger partial charge in [0.05, 0.1) is 0 Å². The van der Waals surface area contributed by atoms with Crippen molar-refractivity contribution >= 4 is 24.0 Å². The highest BCUT2D eigenvalue weighted by atomic mass is 35.5. The van der Waals surface area contributed by atoms with Crippen LogP contribution in [-0.4, -0.2) is 31.6 Å². The molecular weight excluding hydrogens is 279 g/mol. The summed E-state index contributed by atoms with van der Waals surface area (Å²) in [6, 6.07) is 6.42. The molecule has 4 heteroatoms. The fourth-order valence-electron chi connectivity index (χ4n) is 2.63. The molecule has 1 heterocycles. The van der Waals surface area contributed by atoms with E-state index in [-0.39, 0.29) is 12.4 Å². The normalized spacial score (nSPS) is 17.2. The van der Waals surface area contributed by atoms with Gasteiger partial charge in [0.25, 0.3) is 0 Å². The first-order valence-electron chi connectivity index (χ1n) is 6.81. The van der Waals surface area contributed by atoms with Crippen LogP contribution in [0.15, 0.2) is 18.2 Å². The van der Waals surface area contributed by atoms with Gasteiger partial charge in [0.15, 0.2) is 0 Å². The third kappa shape index (κ3) is 4.96.